The Labute approximate surface area is 151 Å². The molecule has 7 heteroatoms. The highest BCUT2D eigenvalue weighted by molar-refractivity contribution is 6.05. The standard InChI is InChI=1S/C19H20N4O3/c24-18(13-3-4-13)23-17-9-14(5-8-21-17)19(25)22-15-10-20-7-6-16(15)26-11-12-1-2-12/h5-10,12-13H,1-4,11H2,(H,22,25)(H,21,23,24). The van der Waals surface area contributed by atoms with Gasteiger partial charge in [-0.05, 0) is 43.7 Å². The van der Waals surface area contributed by atoms with E-state index in [-0.39, 0.29) is 17.7 Å². The molecule has 0 unspecified atom stereocenters. The third-order valence-electron chi connectivity index (χ3n) is 4.42. The first-order valence-corrected chi connectivity index (χ1v) is 8.84. The highest BCUT2D eigenvalue weighted by Gasteiger charge is 2.29. The van der Waals surface area contributed by atoms with E-state index < -0.39 is 0 Å². The van der Waals surface area contributed by atoms with Crippen LogP contribution in [-0.4, -0.2) is 28.4 Å². The molecule has 2 N–H and O–H groups in total. The van der Waals surface area contributed by atoms with Crippen molar-refractivity contribution in [3.05, 3.63) is 42.4 Å². The number of anilines is 2. The van der Waals surface area contributed by atoms with E-state index in [1.807, 2.05) is 0 Å². The molecule has 2 aliphatic carbocycles. The van der Waals surface area contributed by atoms with E-state index in [0.717, 1.165) is 12.8 Å². The van der Waals surface area contributed by atoms with E-state index >= 15 is 0 Å². The molecule has 0 bridgehead atoms. The summed E-state index contributed by atoms with van der Waals surface area (Å²) in [5, 5.41) is 5.57. The Morgan fingerprint density at radius 2 is 1.96 bits per heavy atom. The maximum atomic E-state index is 12.6. The summed E-state index contributed by atoms with van der Waals surface area (Å²) in [6, 6.07) is 4.91. The number of pyridine rings is 2. The Balaban J connectivity index is 1.43. The van der Waals surface area contributed by atoms with Gasteiger partial charge in [-0.1, -0.05) is 0 Å². The average Bonchev–Trinajstić information content (AvgIpc) is 3.55. The number of amides is 2. The van der Waals surface area contributed by atoms with Gasteiger partial charge in [-0.15, -0.1) is 0 Å². The fourth-order valence-electron chi connectivity index (χ4n) is 2.50. The van der Waals surface area contributed by atoms with Gasteiger partial charge in [0.1, 0.15) is 17.3 Å². The molecule has 7 nitrogen and oxygen atoms in total. The Bertz CT molecular complexity index is 831. The Kier molecular flexibility index (Phi) is 4.51. The highest BCUT2D eigenvalue weighted by atomic mass is 16.5. The van der Waals surface area contributed by atoms with Gasteiger partial charge in [-0.3, -0.25) is 14.6 Å². The molecule has 134 valence electrons. The fraction of sp³-hybridized carbons (Fsp3) is 0.368. The van der Waals surface area contributed by atoms with Crippen molar-refractivity contribution in [3.8, 4) is 5.75 Å². The van der Waals surface area contributed by atoms with Gasteiger partial charge in [0.05, 0.1) is 12.8 Å². The minimum Gasteiger partial charge on any atom is -0.491 e. The van der Waals surface area contributed by atoms with E-state index in [1.165, 1.54) is 19.0 Å². The molecule has 4 rings (SSSR count). The van der Waals surface area contributed by atoms with Gasteiger partial charge in [0.2, 0.25) is 5.91 Å². The zero-order valence-corrected chi connectivity index (χ0v) is 14.3. The molecule has 2 saturated carbocycles. The summed E-state index contributed by atoms with van der Waals surface area (Å²) in [7, 11) is 0. The lowest BCUT2D eigenvalue weighted by Crippen LogP contribution is -2.17. The highest BCUT2D eigenvalue weighted by Crippen LogP contribution is 2.32. The molecule has 0 atom stereocenters. The molecular weight excluding hydrogens is 332 g/mol. The van der Waals surface area contributed by atoms with Crippen molar-refractivity contribution < 1.29 is 14.3 Å². The van der Waals surface area contributed by atoms with Gasteiger partial charge in [-0.25, -0.2) is 4.98 Å². The molecule has 26 heavy (non-hydrogen) atoms. The van der Waals surface area contributed by atoms with Gasteiger partial charge in [0.25, 0.3) is 5.91 Å². The number of hydrogen-bond donors (Lipinski definition) is 2. The molecule has 2 aliphatic rings. The Hall–Kier alpha value is -2.96. The maximum Gasteiger partial charge on any atom is 0.255 e. The monoisotopic (exact) mass is 352 g/mol. The third kappa shape index (κ3) is 4.17. The number of hydrogen-bond acceptors (Lipinski definition) is 5. The lowest BCUT2D eigenvalue weighted by Gasteiger charge is -2.12. The van der Waals surface area contributed by atoms with Crippen molar-refractivity contribution in [1.29, 1.82) is 0 Å². The summed E-state index contributed by atoms with van der Waals surface area (Å²) in [5.74, 6) is 1.33. The predicted molar refractivity (Wildman–Crippen MR) is 96.0 cm³/mol. The van der Waals surface area contributed by atoms with Gasteiger partial charge in [-0.2, -0.15) is 0 Å². The first kappa shape index (κ1) is 16.5. The number of carbonyl (C=O) groups excluding carboxylic acids is 2. The van der Waals surface area contributed by atoms with Crippen LogP contribution < -0.4 is 15.4 Å². The number of carbonyl (C=O) groups is 2. The van der Waals surface area contributed by atoms with Crippen molar-refractivity contribution in [2.45, 2.75) is 25.7 Å². The second kappa shape index (κ2) is 7.11. The largest absolute Gasteiger partial charge is 0.491 e. The average molecular weight is 352 g/mol. The lowest BCUT2D eigenvalue weighted by atomic mass is 10.2. The number of ether oxygens (including phenoxy) is 1. The topological polar surface area (TPSA) is 93.2 Å². The molecular formula is C19H20N4O3. The molecule has 0 saturated heterocycles. The SMILES string of the molecule is O=C(Nc1cnccc1OCC1CC1)c1ccnc(NC(=O)C2CC2)c1. The fourth-order valence-corrected chi connectivity index (χ4v) is 2.50. The van der Waals surface area contributed by atoms with Gasteiger partial charge >= 0.3 is 0 Å². The summed E-state index contributed by atoms with van der Waals surface area (Å²) in [6.45, 7) is 0.652. The smallest absolute Gasteiger partial charge is 0.255 e. The summed E-state index contributed by atoms with van der Waals surface area (Å²) in [6.07, 6.45) is 8.92. The number of nitrogens with one attached hydrogen (secondary N) is 2. The Morgan fingerprint density at radius 3 is 2.73 bits per heavy atom. The van der Waals surface area contributed by atoms with E-state index in [9.17, 15) is 9.59 Å². The van der Waals surface area contributed by atoms with E-state index in [2.05, 4.69) is 20.6 Å². The van der Waals surface area contributed by atoms with Crippen LogP contribution in [0.4, 0.5) is 11.5 Å². The summed E-state index contributed by atoms with van der Waals surface area (Å²) < 4.78 is 5.78. The summed E-state index contributed by atoms with van der Waals surface area (Å²) in [5.41, 5.74) is 0.932. The third-order valence-corrected chi connectivity index (χ3v) is 4.42. The van der Waals surface area contributed by atoms with Crippen molar-refractivity contribution in [1.82, 2.24) is 9.97 Å². The number of nitrogens with zero attached hydrogens (tertiary/aromatic N) is 2. The van der Waals surface area contributed by atoms with E-state index in [1.54, 1.807) is 30.6 Å². The zero-order chi connectivity index (χ0) is 17.9. The van der Waals surface area contributed by atoms with Crippen LogP contribution in [0.3, 0.4) is 0 Å². The molecule has 2 fully saturated rings. The quantitative estimate of drug-likeness (QED) is 0.799. The van der Waals surface area contributed by atoms with Crippen molar-refractivity contribution in [2.24, 2.45) is 11.8 Å². The van der Waals surface area contributed by atoms with Crippen LogP contribution >= 0.6 is 0 Å². The van der Waals surface area contributed by atoms with Crippen LogP contribution in [-0.2, 0) is 4.79 Å². The van der Waals surface area contributed by atoms with Crippen LogP contribution in [0.1, 0.15) is 36.0 Å². The molecule has 0 spiro atoms. The van der Waals surface area contributed by atoms with Crippen LogP contribution in [0.5, 0.6) is 5.75 Å². The molecule has 2 aromatic rings. The maximum absolute atomic E-state index is 12.6. The summed E-state index contributed by atoms with van der Waals surface area (Å²) >= 11 is 0. The van der Waals surface area contributed by atoms with E-state index in [0.29, 0.717) is 35.3 Å². The van der Waals surface area contributed by atoms with Crippen LogP contribution in [0.15, 0.2) is 36.8 Å². The predicted octanol–water partition coefficient (Wildman–Crippen LogP) is 2.87. The van der Waals surface area contributed by atoms with E-state index in [4.69, 9.17) is 4.74 Å². The molecule has 2 heterocycles. The Morgan fingerprint density at radius 1 is 1.12 bits per heavy atom. The van der Waals surface area contributed by atoms with Crippen LogP contribution in [0.25, 0.3) is 0 Å². The van der Waals surface area contributed by atoms with Gasteiger partial charge in [0, 0.05) is 29.9 Å². The van der Waals surface area contributed by atoms with Crippen molar-refractivity contribution in [2.75, 3.05) is 17.2 Å². The first-order chi connectivity index (χ1) is 12.7. The molecule has 0 aromatic carbocycles. The molecule has 2 amide bonds. The van der Waals surface area contributed by atoms with Crippen LogP contribution in [0, 0.1) is 11.8 Å². The second-order valence-corrected chi connectivity index (χ2v) is 6.77. The summed E-state index contributed by atoms with van der Waals surface area (Å²) in [4.78, 5) is 32.6. The van der Waals surface area contributed by atoms with Crippen LogP contribution in [0.2, 0.25) is 0 Å². The number of aromatic nitrogens is 2. The number of rotatable bonds is 7. The normalized spacial score (nSPS) is 16.0. The molecule has 0 radical (unpaired) electrons. The second-order valence-electron chi connectivity index (χ2n) is 6.77. The molecule has 2 aromatic heterocycles. The minimum atomic E-state index is -0.307. The van der Waals surface area contributed by atoms with Crippen molar-refractivity contribution in [3.63, 3.8) is 0 Å². The van der Waals surface area contributed by atoms with Gasteiger partial charge in [0.15, 0.2) is 0 Å². The minimum absolute atomic E-state index is 0.0434. The molecule has 0 aliphatic heterocycles. The van der Waals surface area contributed by atoms with Gasteiger partial charge < -0.3 is 15.4 Å². The first-order valence-electron chi connectivity index (χ1n) is 8.84. The zero-order valence-electron chi connectivity index (χ0n) is 14.3. The lowest BCUT2D eigenvalue weighted by molar-refractivity contribution is -0.117. The van der Waals surface area contributed by atoms with Crippen molar-refractivity contribution >= 4 is 23.3 Å².